The van der Waals surface area contributed by atoms with Gasteiger partial charge in [0.25, 0.3) is 5.56 Å². The van der Waals surface area contributed by atoms with Gasteiger partial charge in [0.1, 0.15) is 10.6 Å². The maximum absolute atomic E-state index is 13.5. The summed E-state index contributed by atoms with van der Waals surface area (Å²) in [7, 11) is 1.61. The van der Waals surface area contributed by atoms with Gasteiger partial charge in [-0.3, -0.25) is 9.36 Å². The summed E-state index contributed by atoms with van der Waals surface area (Å²) in [5, 5.41) is 10.3. The summed E-state index contributed by atoms with van der Waals surface area (Å²) in [4.78, 5) is 20.4. The van der Waals surface area contributed by atoms with Crippen LogP contribution in [0.3, 0.4) is 0 Å². The van der Waals surface area contributed by atoms with Crippen LogP contribution in [0.15, 0.2) is 34.2 Å². The van der Waals surface area contributed by atoms with E-state index < -0.39 is 0 Å². The zero-order valence-electron chi connectivity index (χ0n) is 15.0. The molecule has 0 saturated carbocycles. The number of fused-ring (bicyclic) bond motifs is 3. The van der Waals surface area contributed by atoms with E-state index in [9.17, 15) is 4.79 Å². The van der Waals surface area contributed by atoms with Crippen LogP contribution in [0.2, 0.25) is 0 Å². The van der Waals surface area contributed by atoms with Crippen molar-refractivity contribution in [2.75, 3.05) is 12.9 Å². The molecular weight excluding hydrogens is 378 g/mol. The Bertz CT molecular complexity index is 1080. The molecule has 1 aromatic carbocycles. The van der Waals surface area contributed by atoms with Crippen molar-refractivity contribution in [2.45, 2.75) is 37.3 Å². The number of methoxy groups -OCH3 is 1. The van der Waals surface area contributed by atoms with Gasteiger partial charge in [-0.25, -0.2) is 4.98 Å². The average molecular weight is 398 g/mol. The van der Waals surface area contributed by atoms with E-state index >= 15 is 0 Å². The van der Waals surface area contributed by atoms with Gasteiger partial charge in [0.05, 0.1) is 30.0 Å². The van der Waals surface area contributed by atoms with Gasteiger partial charge < -0.3 is 4.74 Å². The molecule has 1 aliphatic rings. The Hall–Kier alpha value is -2.30. The molecule has 7 heteroatoms. The van der Waals surface area contributed by atoms with E-state index in [2.05, 4.69) is 6.07 Å². The topological polar surface area (TPSA) is 67.9 Å². The Balaban J connectivity index is 1.96. The highest BCUT2D eigenvalue weighted by Crippen LogP contribution is 2.34. The summed E-state index contributed by atoms with van der Waals surface area (Å²) < 4.78 is 6.87. The molecule has 0 fully saturated rings. The number of ether oxygens (including phenoxy) is 1. The molecule has 0 unspecified atom stereocenters. The Morgan fingerprint density at radius 2 is 2.04 bits per heavy atom. The minimum Gasteiger partial charge on any atom is -0.497 e. The molecule has 2 aromatic heterocycles. The van der Waals surface area contributed by atoms with E-state index in [1.165, 1.54) is 35.0 Å². The fourth-order valence-corrected chi connectivity index (χ4v) is 5.49. The molecule has 3 aromatic rings. The molecule has 1 aliphatic carbocycles. The normalized spacial score (nSPS) is 13.8. The van der Waals surface area contributed by atoms with Crippen LogP contribution in [0.1, 0.15) is 29.7 Å². The smallest absolute Gasteiger partial charge is 0.267 e. The Labute approximate surface area is 165 Å². The fraction of sp³-hybridized carbons (Fsp3) is 0.350. The quantitative estimate of drug-likeness (QED) is 0.372. The molecule has 0 aliphatic heterocycles. The molecule has 0 atom stereocenters. The van der Waals surface area contributed by atoms with Crippen LogP contribution in [0, 0.1) is 11.3 Å². The Morgan fingerprint density at radius 3 is 2.78 bits per heavy atom. The maximum Gasteiger partial charge on any atom is 0.267 e. The zero-order chi connectivity index (χ0) is 18.8. The van der Waals surface area contributed by atoms with Gasteiger partial charge in [-0.1, -0.05) is 18.2 Å². The van der Waals surface area contributed by atoms with Crippen molar-refractivity contribution in [3.63, 3.8) is 0 Å². The number of nitrogens with zero attached hydrogens (tertiary/aromatic N) is 3. The van der Waals surface area contributed by atoms with Crippen LogP contribution in [-0.4, -0.2) is 22.4 Å². The summed E-state index contributed by atoms with van der Waals surface area (Å²) in [6, 6.07) is 9.51. The molecule has 138 valence electrons. The van der Waals surface area contributed by atoms with E-state index in [-0.39, 0.29) is 11.3 Å². The highest BCUT2D eigenvalue weighted by atomic mass is 32.2. The minimum absolute atomic E-state index is 0.0370. The van der Waals surface area contributed by atoms with E-state index in [0.717, 1.165) is 40.9 Å². The number of benzene rings is 1. The first-order chi connectivity index (χ1) is 13.2. The molecule has 4 rings (SSSR count). The first-order valence-corrected chi connectivity index (χ1v) is 10.7. The molecule has 27 heavy (non-hydrogen) atoms. The number of thiophene rings is 1. The second-order valence-corrected chi connectivity index (χ2v) is 8.45. The van der Waals surface area contributed by atoms with Gasteiger partial charge in [0.2, 0.25) is 0 Å². The predicted octanol–water partition coefficient (Wildman–Crippen LogP) is 4.34. The first-order valence-electron chi connectivity index (χ1n) is 8.94. The van der Waals surface area contributed by atoms with Crippen molar-refractivity contribution in [3.05, 3.63) is 45.1 Å². The van der Waals surface area contributed by atoms with Gasteiger partial charge in [-0.15, -0.1) is 11.3 Å². The second kappa shape index (κ2) is 7.75. The van der Waals surface area contributed by atoms with E-state index in [0.29, 0.717) is 5.16 Å². The van der Waals surface area contributed by atoms with E-state index in [1.54, 1.807) is 23.0 Å². The lowest BCUT2D eigenvalue weighted by Gasteiger charge is -2.12. The highest BCUT2D eigenvalue weighted by Gasteiger charge is 2.22. The SMILES string of the molecule is COc1ccc(-n2c(SCC#N)nc3sc4c(c3c2=O)CCCCC4)cc1. The van der Waals surface area contributed by atoms with Crippen molar-refractivity contribution < 1.29 is 4.74 Å². The Morgan fingerprint density at radius 1 is 1.26 bits per heavy atom. The fourth-order valence-electron chi connectivity index (χ4n) is 3.52. The van der Waals surface area contributed by atoms with E-state index in [4.69, 9.17) is 15.0 Å². The third-order valence-corrected chi connectivity index (χ3v) is 6.80. The minimum atomic E-state index is -0.0370. The molecule has 0 saturated heterocycles. The molecule has 0 radical (unpaired) electrons. The maximum atomic E-state index is 13.5. The van der Waals surface area contributed by atoms with Gasteiger partial charge >= 0.3 is 0 Å². The molecular formula is C20H19N3O2S2. The number of hydrogen-bond acceptors (Lipinski definition) is 6. The number of hydrogen-bond donors (Lipinski definition) is 0. The van der Waals surface area contributed by atoms with Crippen molar-refractivity contribution >= 4 is 33.3 Å². The number of aryl methyl sites for hydroxylation is 2. The Kier molecular flexibility index (Phi) is 5.19. The third kappa shape index (κ3) is 3.35. The van der Waals surface area contributed by atoms with Crippen molar-refractivity contribution in [1.29, 1.82) is 5.26 Å². The lowest BCUT2D eigenvalue weighted by atomic mass is 10.1. The molecule has 0 bridgehead atoms. The van der Waals surface area contributed by atoms with Crippen LogP contribution >= 0.6 is 23.1 Å². The monoisotopic (exact) mass is 397 g/mol. The number of rotatable bonds is 4. The number of aromatic nitrogens is 2. The third-order valence-electron chi connectivity index (χ3n) is 4.80. The first kappa shape index (κ1) is 18.1. The standard InChI is InChI=1S/C20H19N3O2S2/c1-25-14-9-7-13(8-10-14)23-19(24)17-15-5-3-2-4-6-16(15)27-18(17)22-20(23)26-12-11-21/h7-10H,2-6,12H2,1H3. The second-order valence-electron chi connectivity index (χ2n) is 6.42. The number of thioether (sulfide) groups is 1. The average Bonchev–Trinajstić information content (AvgIpc) is 2.88. The largest absolute Gasteiger partial charge is 0.497 e. The van der Waals surface area contributed by atoms with E-state index in [1.807, 2.05) is 24.3 Å². The van der Waals surface area contributed by atoms with Crippen LogP contribution in [0.5, 0.6) is 5.75 Å². The molecule has 0 amide bonds. The van der Waals surface area contributed by atoms with Crippen LogP contribution < -0.4 is 10.3 Å². The summed E-state index contributed by atoms with van der Waals surface area (Å²) in [6.45, 7) is 0. The summed E-state index contributed by atoms with van der Waals surface area (Å²) >= 11 is 2.94. The summed E-state index contributed by atoms with van der Waals surface area (Å²) in [5.74, 6) is 0.982. The molecule has 2 heterocycles. The van der Waals surface area contributed by atoms with Crippen LogP contribution in [-0.2, 0) is 12.8 Å². The van der Waals surface area contributed by atoms with Crippen LogP contribution in [0.4, 0.5) is 0 Å². The number of nitriles is 1. The van der Waals surface area contributed by atoms with Gasteiger partial charge in [-0.2, -0.15) is 5.26 Å². The van der Waals surface area contributed by atoms with Gasteiger partial charge in [0.15, 0.2) is 5.16 Å². The van der Waals surface area contributed by atoms with Crippen molar-refractivity contribution in [1.82, 2.24) is 9.55 Å². The summed E-state index contributed by atoms with van der Waals surface area (Å²) in [6.07, 6.45) is 5.46. The molecule has 0 N–H and O–H groups in total. The zero-order valence-corrected chi connectivity index (χ0v) is 16.7. The summed E-state index contributed by atoms with van der Waals surface area (Å²) in [5.41, 5.74) is 1.89. The van der Waals surface area contributed by atoms with Crippen molar-refractivity contribution in [2.24, 2.45) is 0 Å². The van der Waals surface area contributed by atoms with Gasteiger partial charge in [-0.05, 0) is 55.5 Å². The lowest BCUT2D eigenvalue weighted by molar-refractivity contribution is 0.414. The predicted molar refractivity (Wildman–Crippen MR) is 109 cm³/mol. The molecule has 0 spiro atoms. The van der Waals surface area contributed by atoms with Crippen molar-refractivity contribution in [3.8, 4) is 17.5 Å². The van der Waals surface area contributed by atoms with Crippen LogP contribution in [0.25, 0.3) is 15.9 Å². The van der Waals surface area contributed by atoms with Gasteiger partial charge in [0, 0.05) is 4.88 Å². The lowest BCUT2D eigenvalue weighted by Crippen LogP contribution is -2.22. The highest BCUT2D eigenvalue weighted by molar-refractivity contribution is 7.99. The molecule has 5 nitrogen and oxygen atoms in total.